The SMILES string of the molecule is OC(CNc1cccc(Cc2cccc(OC(F)(F)C(F)F)c2)c1Cc1ccccc1C(F)(F)F)C(F)(F)F. The van der Waals surface area contributed by atoms with Gasteiger partial charge >= 0.3 is 24.9 Å². The highest BCUT2D eigenvalue weighted by atomic mass is 19.4. The number of hydrogen-bond donors (Lipinski definition) is 2. The van der Waals surface area contributed by atoms with Crippen molar-refractivity contribution in [3.63, 3.8) is 0 Å². The highest BCUT2D eigenvalue weighted by molar-refractivity contribution is 5.58. The zero-order valence-corrected chi connectivity index (χ0v) is 19.8. The van der Waals surface area contributed by atoms with Crippen molar-refractivity contribution in [2.45, 2.75) is 43.8 Å². The second-order valence-corrected chi connectivity index (χ2v) is 8.50. The molecule has 0 radical (unpaired) electrons. The van der Waals surface area contributed by atoms with Crippen LogP contribution in [-0.4, -0.2) is 36.5 Å². The minimum atomic E-state index is -4.95. The summed E-state index contributed by atoms with van der Waals surface area (Å²) in [5.74, 6) is -0.593. The van der Waals surface area contributed by atoms with Gasteiger partial charge < -0.3 is 15.2 Å². The second kappa shape index (κ2) is 11.7. The number of aliphatic hydroxyl groups is 1. The third-order valence-electron chi connectivity index (χ3n) is 5.63. The van der Waals surface area contributed by atoms with E-state index in [1.54, 1.807) is 0 Å². The van der Waals surface area contributed by atoms with Gasteiger partial charge in [-0.15, -0.1) is 0 Å². The first-order valence-corrected chi connectivity index (χ1v) is 11.3. The predicted octanol–water partition coefficient (Wildman–Crippen LogP) is 7.46. The van der Waals surface area contributed by atoms with Gasteiger partial charge in [0.25, 0.3) is 0 Å². The van der Waals surface area contributed by atoms with E-state index in [0.29, 0.717) is 5.56 Å². The maximum absolute atomic E-state index is 13.6. The van der Waals surface area contributed by atoms with Crippen molar-refractivity contribution in [3.05, 3.63) is 94.5 Å². The van der Waals surface area contributed by atoms with E-state index in [2.05, 4.69) is 10.1 Å². The molecule has 0 aliphatic carbocycles. The first kappa shape index (κ1) is 30.1. The Morgan fingerprint density at radius 3 is 2.05 bits per heavy atom. The van der Waals surface area contributed by atoms with Crippen LogP contribution in [0.25, 0.3) is 0 Å². The number of anilines is 1. The number of hydrogen-bond acceptors (Lipinski definition) is 3. The van der Waals surface area contributed by atoms with E-state index in [0.717, 1.165) is 18.2 Å². The molecule has 1 atom stereocenters. The lowest BCUT2D eigenvalue weighted by molar-refractivity contribution is -0.253. The van der Waals surface area contributed by atoms with Gasteiger partial charge in [0, 0.05) is 18.7 Å². The third kappa shape index (κ3) is 8.01. The Morgan fingerprint density at radius 1 is 0.769 bits per heavy atom. The Labute approximate surface area is 216 Å². The van der Waals surface area contributed by atoms with E-state index in [4.69, 9.17) is 0 Å². The van der Waals surface area contributed by atoms with Crippen LogP contribution in [0.5, 0.6) is 5.75 Å². The van der Waals surface area contributed by atoms with E-state index >= 15 is 0 Å². The van der Waals surface area contributed by atoms with E-state index in [1.165, 1.54) is 48.5 Å². The van der Waals surface area contributed by atoms with Crippen LogP contribution in [0.2, 0.25) is 0 Å². The van der Waals surface area contributed by atoms with Crippen LogP contribution in [0.3, 0.4) is 0 Å². The van der Waals surface area contributed by atoms with Gasteiger partial charge in [0.05, 0.1) is 5.56 Å². The van der Waals surface area contributed by atoms with Crippen LogP contribution in [-0.2, 0) is 19.0 Å². The number of rotatable bonds is 10. The van der Waals surface area contributed by atoms with Gasteiger partial charge in [-0.25, -0.2) is 0 Å². The molecule has 3 rings (SSSR count). The number of benzene rings is 3. The molecule has 3 aromatic rings. The molecule has 212 valence electrons. The summed E-state index contributed by atoms with van der Waals surface area (Å²) in [6.45, 7) is -0.993. The summed E-state index contributed by atoms with van der Waals surface area (Å²) in [7, 11) is 0. The molecule has 0 heterocycles. The molecule has 3 nitrogen and oxygen atoms in total. The van der Waals surface area contributed by atoms with Crippen LogP contribution in [0, 0.1) is 0 Å². The van der Waals surface area contributed by atoms with Gasteiger partial charge in [0.2, 0.25) is 0 Å². The van der Waals surface area contributed by atoms with E-state index < -0.39 is 55.3 Å². The van der Waals surface area contributed by atoms with Crippen LogP contribution in [0.15, 0.2) is 66.7 Å². The summed E-state index contributed by atoms with van der Waals surface area (Å²) in [6, 6.07) is 13.5. The monoisotopic (exact) mass is 569 g/mol. The van der Waals surface area contributed by atoms with Gasteiger partial charge in [-0.2, -0.15) is 43.9 Å². The molecule has 0 aromatic heterocycles. The topological polar surface area (TPSA) is 41.5 Å². The standard InChI is InChI=1S/C26H21F10NO2/c27-23(28)26(35,36)39-18-8-3-5-15(12-18)11-16-7-4-10-21(37-14-22(38)25(32,33)34)19(16)13-17-6-1-2-9-20(17)24(29,30)31/h1-10,12,22-23,37-38H,11,13-14H2. The molecule has 0 fully saturated rings. The van der Waals surface area contributed by atoms with Gasteiger partial charge in [-0.05, 0) is 52.9 Å². The smallest absolute Gasteiger partial charge is 0.428 e. The van der Waals surface area contributed by atoms with Crippen LogP contribution in [0.1, 0.15) is 27.8 Å². The fraction of sp³-hybridized carbons (Fsp3) is 0.308. The van der Waals surface area contributed by atoms with Crippen LogP contribution in [0.4, 0.5) is 49.6 Å². The minimum absolute atomic E-state index is 0.00409. The van der Waals surface area contributed by atoms with Crippen molar-refractivity contribution in [2.24, 2.45) is 0 Å². The minimum Gasteiger partial charge on any atom is -0.428 e. The normalized spacial score (nSPS) is 13.4. The summed E-state index contributed by atoms with van der Waals surface area (Å²) >= 11 is 0. The van der Waals surface area contributed by atoms with Gasteiger partial charge in [-0.3, -0.25) is 0 Å². The number of aliphatic hydroxyl groups excluding tert-OH is 1. The molecule has 0 amide bonds. The fourth-order valence-electron chi connectivity index (χ4n) is 3.78. The molecule has 3 aromatic carbocycles. The lowest BCUT2D eigenvalue weighted by Gasteiger charge is -2.21. The van der Waals surface area contributed by atoms with Crippen molar-refractivity contribution < 1.29 is 53.7 Å². The highest BCUT2D eigenvalue weighted by Crippen LogP contribution is 2.35. The number of nitrogens with one attached hydrogen (secondary N) is 1. The Hall–Kier alpha value is -3.48. The van der Waals surface area contributed by atoms with Crippen LogP contribution >= 0.6 is 0 Å². The summed E-state index contributed by atoms with van der Waals surface area (Å²) in [6.07, 6.45) is -21.8. The van der Waals surface area contributed by atoms with E-state index in [1.807, 2.05) is 0 Å². The van der Waals surface area contributed by atoms with Crippen LogP contribution < -0.4 is 10.1 Å². The molecule has 0 aliphatic heterocycles. The first-order valence-electron chi connectivity index (χ1n) is 11.3. The number of ether oxygens (including phenoxy) is 1. The lowest BCUT2D eigenvalue weighted by atomic mass is 9.91. The molecule has 1 unspecified atom stereocenters. The fourth-order valence-corrected chi connectivity index (χ4v) is 3.78. The lowest BCUT2D eigenvalue weighted by Crippen LogP contribution is -2.35. The molecular weight excluding hydrogens is 548 g/mol. The molecule has 0 aliphatic rings. The molecule has 0 spiro atoms. The van der Waals surface area contributed by atoms with Crippen molar-refractivity contribution in [1.82, 2.24) is 0 Å². The Morgan fingerprint density at radius 2 is 1.41 bits per heavy atom. The summed E-state index contributed by atoms with van der Waals surface area (Å²) < 4.78 is 135. The zero-order valence-electron chi connectivity index (χ0n) is 19.8. The predicted molar refractivity (Wildman–Crippen MR) is 122 cm³/mol. The summed E-state index contributed by atoms with van der Waals surface area (Å²) in [5.41, 5.74) is -0.458. The average molecular weight is 569 g/mol. The summed E-state index contributed by atoms with van der Waals surface area (Å²) in [4.78, 5) is 0. The molecule has 0 bridgehead atoms. The molecule has 0 saturated carbocycles. The maximum Gasteiger partial charge on any atom is 0.461 e. The second-order valence-electron chi connectivity index (χ2n) is 8.50. The van der Waals surface area contributed by atoms with Crippen molar-refractivity contribution in [2.75, 3.05) is 11.9 Å². The number of alkyl halides is 10. The highest BCUT2D eigenvalue weighted by Gasteiger charge is 2.44. The van der Waals surface area contributed by atoms with Gasteiger partial charge in [0.15, 0.2) is 6.10 Å². The van der Waals surface area contributed by atoms with Gasteiger partial charge in [-0.1, -0.05) is 42.5 Å². The quantitative estimate of drug-likeness (QED) is 0.249. The Balaban J connectivity index is 2.01. The van der Waals surface area contributed by atoms with E-state index in [-0.39, 0.29) is 28.8 Å². The molecule has 13 heteroatoms. The average Bonchev–Trinajstić information content (AvgIpc) is 2.83. The third-order valence-corrected chi connectivity index (χ3v) is 5.63. The van der Waals surface area contributed by atoms with Crippen molar-refractivity contribution >= 4 is 5.69 Å². The Kier molecular flexibility index (Phi) is 9.04. The van der Waals surface area contributed by atoms with Crippen molar-refractivity contribution in [3.8, 4) is 5.75 Å². The molecule has 39 heavy (non-hydrogen) atoms. The molecule has 0 saturated heterocycles. The van der Waals surface area contributed by atoms with E-state index in [9.17, 15) is 49.0 Å². The zero-order chi connectivity index (χ0) is 29.0. The van der Waals surface area contributed by atoms with Crippen molar-refractivity contribution in [1.29, 1.82) is 0 Å². The largest absolute Gasteiger partial charge is 0.461 e. The maximum atomic E-state index is 13.6. The first-order chi connectivity index (χ1) is 18.1. The summed E-state index contributed by atoms with van der Waals surface area (Å²) in [5, 5.41) is 11.8. The molecular formula is C26H21F10NO2. The molecule has 2 N–H and O–H groups in total. The van der Waals surface area contributed by atoms with Gasteiger partial charge in [0.1, 0.15) is 5.75 Å². The Bertz CT molecular complexity index is 1260. The number of halogens is 10.